The zero-order valence-corrected chi connectivity index (χ0v) is 10.8. The molecule has 0 radical (unpaired) electrons. The van der Waals surface area contributed by atoms with E-state index in [0.29, 0.717) is 0 Å². The number of aromatic nitrogens is 1. The molecule has 0 aliphatic carbocycles. The molecule has 2 heterocycles. The molecule has 1 N–H and O–H groups in total. The van der Waals surface area contributed by atoms with Crippen LogP contribution in [0.15, 0.2) is 24.5 Å². The average Bonchev–Trinajstić information content (AvgIpc) is 2.40. The molecular formula is C14H20N2O2. The van der Waals surface area contributed by atoms with Gasteiger partial charge < -0.3 is 5.11 Å². The van der Waals surface area contributed by atoms with Crippen molar-refractivity contribution >= 4 is 5.97 Å². The smallest absolute Gasteiger partial charge is 0.305 e. The Kier molecular flexibility index (Phi) is 3.97. The summed E-state index contributed by atoms with van der Waals surface area (Å²) in [7, 11) is 0. The number of hydrogen-bond donors (Lipinski definition) is 1. The van der Waals surface area contributed by atoms with E-state index < -0.39 is 11.5 Å². The lowest BCUT2D eigenvalue weighted by Gasteiger charge is -2.42. The highest BCUT2D eigenvalue weighted by atomic mass is 16.4. The van der Waals surface area contributed by atoms with Crippen molar-refractivity contribution in [1.82, 2.24) is 9.88 Å². The topological polar surface area (TPSA) is 53.4 Å². The number of likely N-dealkylation sites (tertiary alicyclic amines) is 1. The second kappa shape index (κ2) is 5.48. The summed E-state index contributed by atoms with van der Waals surface area (Å²) in [5, 5.41) is 9.19. The van der Waals surface area contributed by atoms with Gasteiger partial charge in [-0.3, -0.25) is 14.7 Å². The van der Waals surface area contributed by atoms with Gasteiger partial charge in [0.15, 0.2) is 0 Å². The minimum Gasteiger partial charge on any atom is -0.481 e. The lowest BCUT2D eigenvalue weighted by molar-refractivity contribution is -0.140. The molecule has 1 aliphatic rings. The number of aliphatic carboxylic acids is 1. The second-order valence-electron chi connectivity index (χ2n) is 5.13. The van der Waals surface area contributed by atoms with E-state index in [-0.39, 0.29) is 6.42 Å². The number of carbonyl (C=O) groups is 1. The fourth-order valence-electron chi connectivity index (χ4n) is 2.76. The lowest BCUT2D eigenvalue weighted by atomic mass is 9.86. The van der Waals surface area contributed by atoms with Crippen molar-refractivity contribution in [1.29, 1.82) is 0 Å². The highest BCUT2D eigenvalue weighted by Crippen LogP contribution is 2.33. The van der Waals surface area contributed by atoms with Gasteiger partial charge in [-0.25, -0.2) is 0 Å². The quantitative estimate of drug-likeness (QED) is 0.888. The van der Waals surface area contributed by atoms with Gasteiger partial charge in [0.05, 0.1) is 12.0 Å². The van der Waals surface area contributed by atoms with Crippen molar-refractivity contribution in [3.8, 4) is 0 Å². The standard InChI is InChI=1S/C14H20N2O2/c1-14(10-13(17)18,12-6-5-7-15-11-12)16-8-3-2-4-9-16/h5-7,11H,2-4,8-10H2,1H3,(H,17,18). The SMILES string of the molecule is CC(CC(=O)O)(c1cccnc1)N1CCCCC1. The number of carboxylic acid groups (broad SMARTS) is 1. The molecule has 1 saturated heterocycles. The summed E-state index contributed by atoms with van der Waals surface area (Å²) < 4.78 is 0. The largest absolute Gasteiger partial charge is 0.481 e. The minimum atomic E-state index is -0.757. The second-order valence-corrected chi connectivity index (χ2v) is 5.13. The molecule has 4 heteroatoms. The third kappa shape index (κ3) is 2.70. The maximum Gasteiger partial charge on any atom is 0.305 e. The molecule has 98 valence electrons. The van der Waals surface area contributed by atoms with Crippen molar-refractivity contribution in [3.05, 3.63) is 30.1 Å². The van der Waals surface area contributed by atoms with E-state index in [2.05, 4.69) is 9.88 Å². The summed E-state index contributed by atoms with van der Waals surface area (Å²) >= 11 is 0. The fourth-order valence-corrected chi connectivity index (χ4v) is 2.76. The van der Waals surface area contributed by atoms with Crippen LogP contribution in [0.1, 0.15) is 38.2 Å². The number of carboxylic acids is 1. The van der Waals surface area contributed by atoms with Crippen LogP contribution in [0.3, 0.4) is 0 Å². The Morgan fingerprint density at radius 3 is 2.72 bits per heavy atom. The molecule has 0 amide bonds. The number of hydrogen-bond acceptors (Lipinski definition) is 3. The third-order valence-corrected chi connectivity index (χ3v) is 3.83. The maximum atomic E-state index is 11.2. The first kappa shape index (κ1) is 13.0. The molecule has 0 aromatic carbocycles. The predicted molar refractivity (Wildman–Crippen MR) is 69.3 cm³/mol. The van der Waals surface area contributed by atoms with Crippen LogP contribution < -0.4 is 0 Å². The first-order chi connectivity index (χ1) is 8.63. The van der Waals surface area contributed by atoms with Crippen LogP contribution in [-0.2, 0) is 10.3 Å². The Bertz CT molecular complexity index is 402. The number of pyridine rings is 1. The highest BCUT2D eigenvalue weighted by Gasteiger charge is 2.36. The van der Waals surface area contributed by atoms with Crippen LogP contribution in [0.2, 0.25) is 0 Å². The van der Waals surface area contributed by atoms with Crippen LogP contribution in [0.4, 0.5) is 0 Å². The van der Waals surface area contributed by atoms with Crippen molar-refractivity contribution in [2.75, 3.05) is 13.1 Å². The molecular weight excluding hydrogens is 228 g/mol. The van der Waals surface area contributed by atoms with Crippen molar-refractivity contribution in [3.63, 3.8) is 0 Å². The maximum absolute atomic E-state index is 11.2. The summed E-state index contributed by atoms with van der Waals surface area (Å²) in [6.45, 7) is 3.96. The summed E-state index contributed by atoms with van der Waals surface area (Å²) in [4.78, 5) is 17.6. The molecule has 1 atom stereocenters. The van der Waals surface area contributed by atoms with E-state index in [9.17, 15) is 9.90 Å². The molecule has 0 spiro atoms. The van der Waals surface area contributed by atoms with Gasteiger partial charge in [0, 0.05) is 12.4 Å². The summed E-state index contributed by atoms with van der Waals surface area (Å²) in [5.41, 5.74) is 0.551. The van der Waals surface area contributed by atoms with Gasteiger partial charge in [-0.1, -0.05) is 12.5 Å². The molecule has 4 nitrogen and oxygen atoms in total. The summed E-state index contributed by atoms with van der Waals surface area (Å²) in [6, 6.07) is 3.85. The van der Waals surface area contributed by atoms with Crippen molar-refractivity contribution in [2.24, 2.45) is 0 Å². The van der Waals surface area contributed by atoms with Gasteiger partial charge in [0.25, 0.3) is 0 Å². The van der Waals surface area contributed by atoms with E-state index in [1.54, 1.807) is 12.4 Å². The Labute approximate surface area is 108 Å². The Balaban J connectivity index is 2.30. The first-order valence-corrected chi connectivity index (χ1v) is 6.50. The van der Waals surface area contributed by atoms with Crippen LogP contribution in [0, 0.1) is 0 Å². The Morgan fingerprint density at radius 1 is 1.44 bits per heavy atom. The van der Waals surface area contributed by atoms with Gasteiger partial charge in [-0.05, 0) is 44.5 Å². The third-order valence-electron chi connectivity index (χ3n) is 3.83. The Hall–Kier alpha value is -1.42. The van der Waals surface area contributed by atoms with E-state index in [4.69, 9.17) is 0 Å². The summed E-state index contributed by atoms with van der Waals surface area (Å²) in [5.74, 6) is -0.757. The molecule has 18 heavy (non-hydrogen) atoms. The Morgan fingerprint density at radius 2 is 2.17 bits per heavy atom. The van der Waals surface area contributed by atoms with Crippen LogP contribution in [0.25, 0.3) is 0 Å². The van der Waals surface area contributed by atoms with E-state index in [0.717, 1.165) is 31.5 Å². The van der Waals surface area contributed by atoms with Gasteiger partial charge >= 0.3 is 5.97 Å². The first-order valence-electron chi connectivity index (χ1n) is 6.50. The van der Waals surface area contributed by atoms with Gasteiger partial charge in [0.2, 0.25) is 0 Å². The molecule has 1 fully saturated rings. The molecule has 0 bridgehead atoms. The molecule has 1 aliphatic heterocycles. The molecule has 2 rings (SSSR count). The number of nitrogens with zero attached hydrogens (tertiary/aromatic N) is 2. The van der Waals surface area contributed by atoms with Gasteiger partial charge in [-0.15, -0.1) is 0 Å². The van der Waals surface area contributed by atoms with Crippen molar-refractivity contribution < 1.29 is 9.90 Å². The number of piperidine rings is 1. The van der Waals surface area contributed by atoms with Crippen LogP contribution >= 0.6 is 0 Å². The fraction of sp³-hybridized carbons (Fsp3) is 0.571. The van der Waals surface area contributed by atoms with Crippen LogP contribution in [-0.4, -0.2) is 34.0 Å². The lowest BCUT2D eigenvalue weighted by Crippen LogP contribution is -2.47. The van der Waals surface area contributed by atoms with Crippen molar-refractivity contribution in [2.45, 2.75) is 38.1 Å². The molecule has 0 saturated carbocycles. The minimum absolute atomic E-state index is 0.124. The van der Waals surface area contributed by atoms with Gasteiger partial charge in [-0.2, -0.15) is 0 Å². The average molecular weight is 248 g/mol. The number of rotatable bonds is 4. The van der Waals surface area contributed by atoms with E-state index in [1.165, 1.54) is 6.42 Å². The molecule has 1 unspecified atom stereocenters. The predicted octanol–water partition coefficient (Wildman–Crippen LogP) is 2.26. The van der Waals surface area contributed by atoms with E-state index in [1.807, 2.05) is 19.1 Å². The zero-order chi connectivity index (χ0) is 13.0. The highest BCUT2D eigenvalue weighted by molar-refractivity contribution is 5.68. The van der Waals surface area contributed by atoms with Gasteiger partial charge in [0.1, 0.15) is 0 Å². The van der Waals surface area contributed by atoms with E-state index >= 15 is 0 Å². The summed E-state index contributed by atoms with van der Waals surface area (Å²) in [6.07, 6.45) is 7.18. The molecule has 1 aromatic rings. The normalized spacial score (nSPS) is 20.3. The molecule has 1 aromatic heterocycles. The monoisotopic (exact) mass is 248 g/mol. The zero-order valence-electron chi connectivity index (χ0n) is 10.8. The van der Waals surface area contributed by atoms with Crippen LogP contribution in [0.5, 0.6) is 0 Å².